The van der Waals surface area contributed by atoms with Crippen molar-refractivity contribution in [1.29, 1.82) is 0 Å². The predicted octanol–water partition coefficient (Wildman–Crippen LogP) is 4.89. The fourth-order valence-corrected chi connectivity index (χ4v) is 7.09. The number of amides is 1. The molecule has 1 aromatic carbocycles. The molecule has 4 saturated carbocycles. The van der Waals surface area contributed by atoms with Gasteiger partial charge in [-0.15, -0.1) is 0 Å². The van der Waals surface area contributed by atoms with Crippen LogP contribution in [0.25, 0.3) is 17.2 Å². The lowest BCUT2D eigenvalue weighted by Gasteiger charge is -2.56. The molecule has 0 saturated heterocycles. The van der Waals surface area contributed by atoms with Gasteiger partial charge in [-0.05, 0) is 81.1 Å². The number of nitrogens with one attached hydrogen (secondary N) is 1. The Bertz CT molecular complexity index is 1160. The monoisotopic (exact) mass is 441 g/mol. The normalized spacial score (nSPS) is 27.6. The molecule has 1 N–H and O–H groups in total. The Hall–Kier alpha value is -3.02. The average Bonchev–Trinajstić information content (AvgIpc) is 3.19. The van der Waals surface area contributed by atoms with Crippen molar-refractivity contribution in [3.8, 4) is 17.2 Å². The Balaban J connectivity index is 1.21. The number of carbonyl (C=O) groups excluding carboxylic acids is 1. The molecule has 170 valence electrons. The molecule has 7 rings (SSSR count). The summed E-state index contributed by atoms with van der Waals surface area (Å²) >= 11 is 0. The summed E-state index contributed by atoms with van der Waals surface area (Å²) in [5.74, 6) is 3.09. The van der Waals surface area contributed by atoms with E-state index >= 15 is 0 Å². The van der Waals surface area contributed by atoms with Crippen molar-refractivity contribution in [3.63, 3.8) is 0 Å². The lowest BCUT2D eigenvalue weighted by molar-refractivity contribution is -0.0503. The molecule has 4 fully saturated rings. The van der Waals surface area contributed by atoms with Crippen LogP contribution in [0.2, 0.25) is 0 Å². The molecule has 0 aliphatic heterocycles. The molecule has 6 nitrogen and oxygen atoms in total. The number of carbonyl (C=O) groups is 1. The molecule has 4 aliphatic rings. The van der Waals surface area contributed by atoms with Crippen molar-refractivity contribution in [2.24, 2.45) is 23.2 Å². The van der Waals surface area contributed by atoms with Crippen LogP contribution in [0, 0.1) is 37.0 Å². The van der Waals surface area contributed by atoms with Gasteiger partial charge in [-0.25, -0.2) is 14.6 Å². The molecule has 0 unspecified atom stereocenters. The van der Waals surface area contributed by atoms with E-state index in [9.17, 15) is 4.79 Å². The second-order valence-electron chi connectivity index (χ2n) is 10.7. The van der Waals surface area contributed by atoms with Crippen LogP contribution in [-0.2, 0) is 0 Å². The molecule has 3 aromatic rings. The highest BCUT2D eigenvalue weighted by Gasteiger charge is 2.50. The molecular formula is C27H31N5O. The Morgan fingerprint density at radius 1 is 1.06 bits per heavy atom. The summed E-state index contributed by atoms with van der Waals surface area (Å²) in [6, 6.07) is 10.1. The van der Waals surface area contributed by atoms with Crippen LogP contribution in [0.15, 0.2) is 42.7 Å². The van der Waals surface area contributed by atoms with E-state index in [0.29, 0.717) is 22.6 Å². The smallest absolute Gasteiger partial charge is 0.254 e. The van der Waals surface area contributed by atoms with E-state index in [2.05, 4.69) is 15.4 Å². The topological polar surface area (TPSA) is 72.7 Å². The van der Waals surface area contributed by atoms with Crippen molar-refractivity contribution >= 4 is 5.91 Å². The molecule has 4 bridgehead atoms. The van der Waals surface area contributed by atoms with Crippen molar-refractivity contribution < 1.29 is 4.79 Å². The third-order valence-electron chi connectivity index (χ3n) is 8.14. The van der Waals surface area contributed by atoms with Crippen LogP contribution < -0.4 is 5.32 Å². The maximum absolute atomic E-state index is 13.1. The van der Waals surface area contributed by atoms with Gasteiger partial charge in [0.25, 0.3) is 11.9 Å². The highest BCUT2D eigenvalue weighted by molar-refractivity contribution is 5.95. The summed E-state index contributed by atoms with van der Waals surface area (Å²) in [6.07, 6.45) is 11.7. The number of aromatic nitrogens is 4. The third-order valence-corrected chi connectivity index (χ3v) is 8.14. The third kappa shape index (κ3) is 3.75. The van der Waals surface area contributed by atoms with Gasteiger partial charge in [-0.3, -0.25) is 4.79 Å². The summed E-state index contributed by atoms with van der Waals surface area (Å²) < 4.78 is 1.63. The largest absolute Gasteiger partial charge is 0.351 e. The Morgan fingerprint density at radius 2 is 1.73 bits per heavy atom. The molecule has 2 aromatic heterocycles. The number of hydrogen-bond acceptors (Lipinski definition) is 4. The predicted molar refractivity (Wildman–Crippen MR) is 127 cm³/mol. The number of benzene rings is 1. The van der Waals surface area contributed by atoms with Gasteiger partial charge in [0.2, 0.25) is 0 Å². The molecule has 2 heterocycles. The van der Waals surface area contributed by atoms with Gasteiger partial charge in [-0.1, -0.05) is 30.3 Å². The first kappa shape index (κ1) is 20.6. The number of rotatable bonds is 5. The van der Waals surface area contributed by atoms with Crippen LogP contribution in [0.3, 0.4) is 0 Å². The Morgan fingerprint density at radius 3 is 2.39 bits per heavy atom. The fraction of sp³-hybridized carbons (Fsp3) is 0.481. The number of hydrogen-bond donors (Lipinski definition) is 1. The van der Waals surface area contributed by atoms with Crippen LogP contribution in [0.1, 0.15) is 60.1 Å². The standard InChI is InChI=1S/C27H31N5O/c1-17-14-28-26(30-24(17)22-6-4-3-5-7-22)32-15-23(18(2)31-32)25(33)29-16-27-11-19-8-20(12-27)10-21(9-19)13-27/h3-7,14-15,19-21H,8-13,16H2,1-2H3,(H,29,33). The van der Waals surface area contributed by atoms with Gasteiger partial charge in [0.05, 0.1) is 17.0 Å². The molecule has 6 heteroatoms. The van der Waals surface area contributed by atoms with Gasteiger partial charge < -0.3 is 5.32 Å². The first-order valence-electron chi connectivity index (χ1n) is 12.2. The zero-order valence-electron chi connectivity index (χ0n) is 19.4. The zero-order valence-corrected chi connectivity index (χ0v) is 19.4. The first-order valence-corrected chi connectivity index (χ1v) is 12.2. The summed E-state index contributed by atoms with van der Waals surface area (Å²) in [5, 5.41) is 7.85. The van der Waals surface area contributed by atoms with E-state index in [1.165, 1.54) is 38.5 Å². The minimum atomic E-state index is -0.0371. The molecule has 0 spiro atoms. The fourth-order valence-electron chi connectivity index (χ4n) is 7.09. The van der Waals surface area contributed by atoms with Gasteiger partial charge in [0.1, 0.15) is 0 Å². The average molecular weight is 442 g/mol. The van der Waals surface area contributed by atoms with Gasteiger partial charge in [0, 0.05) is 24.5 Å². The summed E-state index contributed by atoms with van der Waals surface area (Å²) in [6.45, 7) is 4.67. The second kappa shape index (κ2) is 7.79. The lowest BCUT2D eigenvalue weighted by atomic mass is 9.49. The van der Waals surface area contributed by atoms with Crippen LogP contribution in [0.5, 0.6) is 0 Å². The van der Waals surface area contributed by atoms with E-state index in [1.807, 2.05) is 50.4 Å². The Kier molecular flexibility index (Phi) is 4.86. The lowest BCUT2D eigenvalue weighted by Crippen LogP contribution is -2.51. The maximum atomic E-state index is 13.1. The van der Waals surface area contributed by atoms with Crippen molar-refractivity contribution in [2.75, 3.05) is 6.54 Å². The van der Waals surface area contributed by atoms with E-state index in [1.54, 1.807) is 10.9 Å². The van der Waals surface area contributed by atoms with Crippen LogP contribution in [0.4, 0.5) is 0 Å². The summed E-state index contributed by atoms with van der Waals surface area (Å²) in [7, 11) is 0. The van der Waals surface area contributed by atoms with Crippen molar-refractivity contribution in [1.82, 2.24) is 25.1 Å². The van der Waals surface area contributed by atoms with Gasteiger partial charge in [0.15, 0.2) is 0 Å². The van der Waals surface area contributed by atoms with Gasteiger partial charge in [-0.2, -0.15) is 5.10 Å². The van der Waals surface area contributed by atoms with Gasteiger partial charge >= 0.3 is 0 Å². The number of aryl methyl sites for hydroxylation is 2. The van der Waals surface area contributed by atoms with E-state index in [0.717, 1.165) is 41.1 Å². The van der Waals surface area contributed by atoms with E-state index in [4.69, 9.17) is 4.98 Å². The Labute approximate surface area is 194 Å². The van der Waals surface area contributed by atoms with E-state index in [-0.39, 0.29) is 5.91 Å². The maximum Gasteiger partial charge on any atom is 0.254 e. The minimum absolute atomic E-state index is 0.0371. The van der Waals surface area contributed by atoms with E-state index < -0.39 is 0 Å². The molecule has 1 amide bonds. The number of nitrogens with zero attached hydrogens (tertiary/aromatic N) is 4. The van der Waals surface area contributed by atoms with Crippen LogP contribution in [-0.4, -0.2) is 32.2 Å². The quantitative estimate of drug-likeness (QED) is 0.612. The molecule has 0 atom stereocenters. The first-order chi connectivity index (χ1) is 16.0. The second-order valence-corrected chi connectivity index (χ2v) is 10.7. The van der Waals surface area contributed by atoms with Crippen molar-refractivity contribution in [3.05, 3.63) is 59.5 Å². The SMILES string of the molecule is Cc1cnc(-n2cc(C(=O)NCC34CC5CC(CC(C5)C3)C4)c(C)n2)nc1-c1ccccc1. The summed E-state index contributed by atoms with van der Waals surface area (Å²) in [5.41, 5.74) is 4.53. The molecule has 33 heavy (non-hydrogen) atoms. The highest BCUT2D eigenvalue weighted by Crippen LogP contribution is 2.59. The van der Waals surface area contributed by atoms with Crippen molar-refractivity contribution in [2.45, 2.75) is 52.4 Å². The molecule has 0 radical (unpaired) electrons. The summed E-state index contributed by atoms with van der Waals surface area (Å²) in [4.78, 5) is 22.4. The van der Waals surface area contributed by atoms with Crippen LogP contribution >= 0.6 is 0 Å². The molecular weight excluding hydrogens is 410 g/mol. The molecule has 4 aliphatic carbocycles. The minimum Gasteiger partial charge on any atom is -0.351 e. The zero-order chi connectivity index (χ0) is 22.6. The highest BCUT2D eigenvalue weighted by atomic mass is 16.1.